The zero-order chi connectivity index (χ0) is 18.4. The molecular weight excluding hydrogens is 336 g/mol. The average Bonchev–Trinajstić information content (AvgIpc) is 2.77. The van der Waals surface area contributed by atoms with Crippen molar-refractivity contribution in [3.63, 3.8) is 0 Å². The van der Waals surface area contributed by atoms with Crippen LogP contribution in [-0.2, 0) is 20.2 Å². The Bertz CT molecular complexity index is 930. The lowest BCUT2D eigenvalue weighted by Gasteiger charge is -2.16. The third-order valence-corrected chi connectivity index (χ3v) is 6.00. The van der Waals surface area contributed by atoms with Gasteiger partial charge in [-0.1, -0.05) is 26.0 Å². The van der Waals surface area contributed by atoms with Gasteiger partial charge in [-0.15, -0.1) is 0 Å². The van der Waals surface area contributed by atoms with E-state index in [4.69, 9.17) is 0 Å². The van der Waals surface area contributed by atoms with Gasteiger partial charge in [-0.3, -0.25) is 9.52 Å². The smallest absolute Gasteiger partial charge is 0.261 e. The average molecular weight is 358 g/mol. The molecule has 0 atom stereocenters. The zero-order valence-electron chi connectivity index (χ0n) is 14.8. The highest BCUT2D eigenvalue weighted by Crippen LogP contribution is 2.38. The Balaban J connectivity index is 1.91. The number of rotatable bonds is 4. The van der Waals surface area contributed by atoms with Crippen LogP contribution in [0.15, 0.2) is 47.4 Å². The SMILES string of the molecule is CC(C)c1ccc(NS(=O)(=O)c2ccc3c(c2)C(C)(C)C(=O)N3)cc1. The van der Waals surface area contributed by atoms with Crippen molar-refractivity contribution in [3.8, 4) is 0 Å². The summed E-state index contributed by atoms with van der Waals surface area (Å²) in [4.78, 5) is 12.2. The molecule has 132 valence electrons. The first-order valence-electron chi connectivity index (χ1n) is 8.20. The van der Waals surface area contributed by atoms with E-state index in [2.05, 4.69) is 23.9 Å². The predicted octanol–water partition coefficient (Wildman–Crippen LogP) is 3.84. The first-order chi connectivity index (χ1) is 11.6. The normalized spacial score (nSPS) is 15.8. The zero-order valence-corrected chi connectivity index (χ0v) is 15.6. The first kappa shape index (κ1) is 17.5. The lowest BCUT2D eigenvalue weighted by Crippen LogP contribution is -2.27. The van der Waals surface area contributed by atoms with Crippen LogP contribution < -0.4 is 10.0 Å². The fourth-order valence-corrected chi connectivity index (χ4v) is 3.95. The Morgan fingerprint density at radius 1 is 1.04 bits per heavy atom. The summed E-state index contributed by atoms with van der Waals surface area (Å²) in [5, 5.41) is 2.78. The molecule has 0 saturated carbocycles. The number of benzene rings is 2. The standard InChI is InChI=1S/C19H22N2O3S/c1-12(2)13-5-7-14(8-6-13)21-25(23,24)15-9-10-17-16(11-15)19(3,4)18(22)20-17/h5-12,21H,1-4H3,(H,20,22). The molecule has 0 radical (unpaired) electrons. The Labute approximate surface area is 148 Å². The highest BCUT2D eigenvalue weighted by atomic mass is 32.2. The predicted molar refractivity (Wildman–Crippen MR) is 99.4 cm³/mol. The maximum Gasteiger partial charge on any atom is 0.261 e. The number of hydrogen-bond acceptors (Lipinski definition) is 3. The van der Waals surface area contributed by atoms with Crippen molar-refractivity contribution in [2.24, 2.45) is 0 Å². The molecule has 1 amide bonds. The van der Waals surface area contributed by atoms with Crippen LogP contribution in [0.4, 0.5) is 11.4 Å². The fraction of sp³-hybridized carbons (Fsp3) is 0.316. The van der Waals surface area contributed by atoms with Crippen molar-refractivity contribution >= 4 is 27.3 Å². The Hall–Kier alpha value is -2.34. The van der Waals surface area contributed by atoms with Gasteiger partial charge < -0.3 is 5.32 Å². The molecule has 1 aliphatic rings. The fourth-order valence-electron chi connectivity index (χ4n) is 2.87. The van der Waals surface area contributed by atoms with E-state index < -0.39 is 15.4 Å². The maximum atomic E-state index is 12.7. The maximum absolute atomic E-state index is 12.7. The molecule has 25 heavy (non-hydrogen) atoms. The molecule has 6 heteroatoms. The molecule has 0 fully saturated rings. The van der Waals surface area contributed by atoms with Crippen LogP contribution >= 0.6 is 0 Å². The van der Waals surface area contributed by atoms with E-state index in [1.807, 2.05) is 12.1 Å². The monoisotopic (exact) mass is 358 g/mol. The van der Waals surface area contributed by atoms with E-state index in [1.165, 1.54) is 6.07 Å². The van der Waals surface area contributed by atoms with E-state index >= 15 is 0 Å². The quantitative estimate of drug-likeness (QED) is 0.872. The van der Waals surface area contributed by atoms with Crippen molar-refractivity contribution in [2.75, 3.05) is 10.0 Å². The van der Waals surface area contributed by atoms with Crippen LogP contribution in [0.2, 0.25) is 0 Å². The number of amides is 1. The third kappa shape index (κ3) is 3.14. The lowest BCUT2D eigenvalue weighted by atomic mass is 9.86. The van der Waals surface area contributed by atoms with Gasteiger partial charge >= 0.3 is 0 Å². The van der Waals surface area contributed by atoms with Crippen molar-refractivity contribution in [3.05, 3.63) is 53.6 Å². The molecule has 2 aromatic rings. The summed E-state index contributed by atoms with van der Waals surface area (Å²) in [5.74, 6) is 0.254. The molecule has 0 saturated heterocycles. The number of sulfonamides is 1. The molecule has 0 unspecified atom stereocenters. The van der Waals surface area contributed by atoms with Gasteiger partial charge in [0.05, 0.1) is 10.3 Å². The second-order valence-corrected chi connectivity index (χ2v) is 8.85. The number of anilines is 2. The summed E-state index contributed by atoms with van der Waals surface area (Å²) in [7, 11) is -3.72. The second-order valence-electron chi connectivity index (χ2n) is 7.17. The minimum atomic E-state index is -3.72. The number of carbonyl (C=O) groups is 1. The van der Waals surface area contributed by atoms with Crippen molar-refractivity contribution in [1.82, 2.24) is 0 Å². The summed E-state index contributed by atoms with van der Waals surface area (Å²) >= 11 is 0. The molecular formula is C19H22N2O3S. The number of hydrogen-bond donors (Lipinski definition) is 2. The minimum Gasteiger partial charge on any atom is -0.325 e. The summed E-state index contributed by atoms with van der Waals surface area (Å²) in [6, 6.07) is 12.1. The van der Waals surface area contributed by atoms with Crippen LogP contribution in [0.3, 0.4) is 0 Å². The Morgan fingerprint density at radius 3 is 2.28 bits per heavy atom. The number of carbonyl (C=O) groups excluding carboxylic acids is 1. The van der Waals surface area contributed by atoms with Crippen LogP contribution in [0, 0.1) is 0 Å². The molecule has 2 N–H and O–H groups in total. The summed E-state index contributed by atoms with van der Waals surface area (Å²) in [6.07, 6.45) is 0. The van der Waals surface area contributed by atoms with Crippen molar-refractivity contribution in [2.45, 2.75) is 43.9 Å². The molecule has 1 heterocycles. The summed E-state index contributed by atoms with van der Waals surface area (Å²) in [5.41, 5.74) is 2.26. The van der Waals surface area contributed by atoms with E-state index in [0.717, 1.165) is 5.56 Å². The molecule has 3 rings (SSSR count). The first-order valence-corrected chi connectivity index (χ1v) is 9.68. The van der Waals surface area contributed by atoms with Gasteiger partial charge in [-0.05, 0) is 61.2 Å². The van der Waals surface area contributed by atoms with Crippen LogP contribution in [0.1, 0.15) is 44.7 Å². The molecule has 1 aliphatic heterocycles. The summed E-state index contributed by atoms with van der Waals surface area (Å²) in [6.45, 7) is 7.73. The van der Waals surface area contributed by atoms with Crippen molar-refractivity contribution in [1.29, 1.82) is 0 Å². The Kier molecular flexibility index (Phi) is 4.11. The van der Waals surface area contributed by atoms with E-state index in [-0.39, 0.29) is 10.8 Å². The number of fused-ring (bicyclic) bond motifs is 1. The number of nitrogens with one attached hydrogen (secondary N) is 2. The molecule has 5 nitrogen and oxygen atoms in total. The van der Waals surface area contributed by atoms with E-state index in [9.17, 15) is 13.2 Å². The highest BCUT2D eigenvalue weighted by molar-refractivity contribution is 7.92. The van der Waals surface area contributed by atoms with Gasteiger partial charge in [0.1, 0.15) is 0 Å². The van der Waals surface area contributed by atoms with E-state index in [1.54, 1.807) is 38.1 Å². The van der Waals surface area contributed by atoms with Crippen LogP contribution in [-0.4, -0.2) is 14.3 Å². The molecule has 0 aromatic heterocycles. The highest BCUT2D eigenvalue weighted by Gasteiger charge is 2.39. The van der Waals surface area contributed by atoms with Gasteiger partial charge in [0.25, 0.3) is 10.0 Å². The van der Waals surface area contributed by atoms with Gasteiger partial charge in [0.15, 0.2) is 0 Å². The lowest BCUT2D eigenvalue weighted by molar-refractivity contribution is -0.119. The molecule has 0 spiro atoms. The molecule has 0 bridgehead atoms. The van der Waals surface area contributed by atoms with Crippen molar-refractivity contribution < 1.29 is 13.2 Å². The van der Waals surface area contributed by atoms with Gasteiger partial charge in [-0.2, -0.15) is 0 Å². The van der Waals surface area contributed by atoms with Gasteiger partial charge in [-0.25, -0.2) is 8.42 Å². The largest absolute Gasteiger partial charge is 0.325 e. The van der Waals surface area contributed by atoms with Crippen LogP contribution in [0.5, 0.6) is 0 Å². The van der Waals surface area contributed by atoms with Crippen LogP contribution in [0.25, 0.3) is 0 Å². The minimum absolute atomic E-state index is 0.130. The van der Waals surface area contributed by atoms with E-state index in [0.29, 0.717) is 22.9 Å². The molecule has 0 aliphatic carbocycles. The second kappa shape index (κ2) is 5.88. The summed E-state index contributed by atoms with van der Waals surface area (Å²) < 4.78 is 28.0. The van der Waals surface area contributed by atoms with Gasteiger partial charge in [0, 0.05) is 11.4 Å². The third-order valence-electron chi connectivity index (χ3n) is 4.62. The topological polar surface area (TPSA) is 75.3 Å². The Morgan fingerprint density at radius 2 is 1.68 bits per heavy atom. The van der Waals surface area contributed by atoms with Gasteiger partial charge in [0.2, 0.25) is 5.91 Å². The molecule has 2 aromatic carbocycles.